The lowest BCUT2D eigenvalue weighted by Crippen LogP contribution is -2.10. The van der Waals surface area contributed by atoms with E-state index in [0.717, 1.165) is 21.5 Å². The van der Waals surface area contributed by atoms with Crippen molar-refractivity contribution in [2.75, 3.05) is 5.32 Å². The molecule has 0 atom stereocenters. The molecule has 2 aromatic rings. The first-order chi connectivity index (χ1) is 8.16. The van der Waals surface area contributed by atoms with Crippen molar-refractivity contribution >= 4 is 38.8 Å². The molecule has 88 valence electrons. The highest BCUT2D eigenvalue weighted by Crippen LogP contribution is 2.22. The summed E-state index contributed by atoms with van der Waals surface area (Å²) in [6.45, 7) is 0.645. The van der Waals surface area contributed by atoms with E-state index < -0.39 is 0 Å². The van der Waals surface area contributed by atoms with Crippen LogP contribution in [0.4, 0.5) is 5.69 Å². The van der Waals surface area contributed by atoms with Crippen molar-refractivity contribution in [1.29, 1.82) is 0 Å². The van der Waals surface area contributed by atoms with E-state index in [1.165, 1.54) is 0 Å². The SMILES string of the molecule is NC(=S)c1ccc(NCc2ccco2)cc1Br. The molecule has 0 radical (unpaired) electrons. The van der Waals surface area contributed by atoms with Crippen LogP contribution in [0.15, 0.2) is 45.5 Å². The van der Waals surface area contributed by atoms with Crippen molar-refractivity contribution in [2.24, 2.45) is 5.73 Å². The second-order valence-corrected chi connectivity index (χ2v) is 4.79. The van der Waals surface area contributed by atoms with Crippen molar-refractivity contribution in [3.8, 4) is 0 Å². The van der Waals surface area contributed by atoms with Crippen LogP contribution in [0.3, 0.4) is 0 Å². The molecular formula is C12H11BrN2OS. The maximum atomic E-state index is 5.58. The number of furan rings is 1. The summed E-state index contributed by atoms with van der Waals surface area (Å²) in [5.74, 6) is 0.888. The van der Waals surface area contributed by atoms with Gasteiger partial charge in [-0.2, -0.15) is 0 Å². The fourth-order valence-electron chi connectivity index (χ4n) is 1.43. The molecule has 0 aliphatic rings. The average molecular weight is 311 g/mol. The van der Waals surface area contributed by atoms with Crippen LogP contribution in [0.2, 0.25) is 0 Å². The lowest BCUT2D eigenvalue weighted by atomic mass is 10.2. The maximum Gasteiger partial charge on any atom is 0.122 e. The number of benzene rings is 1. The van der Waals surface area contributed by atoms with Gasteiger partial charge in [-0.1, -0.05) is 12.2 Å². The predicted octanol–water partition coefficient (Wildman–Crippen LogP) is 3.29. The standard InChI is InChI=1S/C12H11BrN2OS/c13-11-6-8(3-4-10(11)12(14)17)15-7-9-2-1-5-16-9/h1-6,15H,7H2,(H2,14,17). The van der Waals surface area contributed by atoms with Crippen LogP contribution in [0.5, 0.6) is 0 Å². The molecular weight excluding hydrogens is 300 g/mol. The summed E-state index contributed by atoms with van der Waals surface area (Å²) in [5.41, 5.74) is 7.40. The topological polar surface area (TPSA) is 51.2 Å². The average Bonchev–Trinajstić information content (AvgIpc) is 2.78. The molecule has 0 bridgehead atoms. The molecule has 17 heavy (non-hydrogen) atoms. The number of nitrogens with two attached hydrogens (primary N) is 1. The second kappa shape index (κ2) is 5.33. The van der Waals surface area contributed by atoms with Gasteiger partial charge in [-0.15, -0.1) is 0 Å². The Kier molecular flexibility index (Phi) is 3.81. The summed E-state index contributed by atoms with van der Waals surface area (Å²) in [5, 5.41) is 3.25. The predicted molar refractivity (Wildman–Crippen MR) is 76.1 cm³/mol. The molecule has 0 spiro atoms. The van der Waals surface area contributed by atoms with Gasteiger partial charge in [-0.05, 0) is 46.3 Å². The number of anilines is 1. The van der Waals surface area contributed by atoms with E-state index in [4.69, 9.17) is 22.4 Å². The van der Waals surface area contributed by atoms with E-state index in [0.29, 0.717) is 11.5 Å². The van der Waals surface area contributed by atoms with Gasteiger partial charge in [0.1, 0.15) is 10.7 Å². The van der Waals surface area contributed by atoms with Crippen LogP contribution in [-0.2, 0) is 6.54 Å². The van der Waals surface area contributed by atoms with E-state index in [9.17, 15) is 0 Å². The maximum absolute atomic E-state index is 5.58. The summed E-state index contributed by atoms with van der Waals surface area (Å²) in [7, 11) is 0. The molecule has 3 N–H and O–H groups in total. The van der Waals surface area contributed by atoms with Gasteiger partial charge in [0.15, 0.2) is 0 Å². The second-order valence-electron chi connectivity index (χ2n) is 3.49. The lowest BCUT2D eigenvalue weighted by Gasteiger charge is -2.07. The molecule has 0 fully saturated rings. The molecule has 0 aliphatic carbocycles. The minimum atomic E-state index is 0.384. The Morgan fingerprint density at radius 3 is 2.82 bits per heavy atom. The van der Waals surface area contributed by atoms with Gasteiger partial charge in [-0.25, -0.2) is 0 Å². The first-order valence-electron chi connectivity index (χ1n) is 5.02. The first-order valence-corrected chi connectivity index (χ1v) is 6.22. The fourth-order valence-corrected chi connectivity index (χ4v) is 2.33. The largest absolute Gasteiger partial charge is 0.467 e. The van der Waals surface area contributed by atoms with Crippen molar-refractivity contribution in [3.05, 3.63) is 52.4 Å². The molecule has 1 aromatic carbocycles. The van der Waals surface area contributed by atoms with E-state index in [1.807, 2.05) is 30.3 Å². The molecule has 0 aliphatic heterocycles. The summed E-state index contributed by atoms with van der Waals surface area (Å²) >= 11 is 8.37. The van der Waals surface area contributed by atoms with Gasteiger partial charge < -0.3 is 15.5 Å². The minimum Gasteiger partial charge on any atom is -0.467 e. The van der Waals surface area contributed by atoms with Crippen molar-refractivity contribution < 1.29 is 4.42 Å². The monoisotopic (exact) mass is 310 g/mol. The summed E-state index contributed by atoms with van der Waals surface area (Å²) in [4.78, 5) is 0.384. The van der Waals surface area contributed by atoms with Gasteiger partial charge in [0.25, 0.3) is 0 Å². The fraction of sp³-hybridized carbons (Fsp3) is 0.0833. The zero-order valence-electron chi connectivity index (χ0n) is 8.94. The third kappa shape index (κ3) is 3.08. The van der Waals surface area contributed by atoms with Crippen LogP contribution in [0.25, 0.3) is 0 Å². The van der Waals surface area contributed by atoms with Gasteiger partial charge in [0.05, 0.1) is 12.8 Å². The Morgan fingerprint density at radius 2 is 2.24 bits per heavy atom. The van der Waals surface area contributed by atoms with E-state index in [-0.39, 0.29) is 0 Å². The van der Waals surface area contributed by atoms with E-state index >= 15 is 0 Å². The number of hydrogen-bond acceptors (Lipinski definition) is 3. The molecule has 0 saturated heterocycles. The van der Waals surface area contributed by atoms with Crippen LogP contribution < -0.4 is 11.1 Å². The van der Waals surface area contributed by atoms with Crippen molar-refractivity contribution in [3.63, 3.8) is 0 Å². The van der Waals surface area contributed by atoms with Gasteiger partial charge in [0, 0.05) is 15.7 Å². The summed E-state index contributed by atoms with van der Waals surface area (Å²) in [6, 6.07) is 9.55. The van der Waals surface area contributed by atoms with E-state index in [1.54, 1.807) is 6.26 Å². The Bertz CT molecular complexity index is 525. The van der Waals surface area contributed by atoms with Crippen molar-refractivity contribution in [1.82, 2.24) is 0 Å². The zero-order valence-corrected chi connectivity index (χ0v) is 11.3. The van der Waals surface area contributed by atoms with Crippen molar-refractivity contribution in [2.45, 2.75) is 6.54 Å². The molecule has 3 nitrogen and oxygen atoms in total. The lowest BCUT2D eigenvalue weighted by molar-refractivity contribution is 0.518. The Balaban J connectivity index is 2.07. The number of halogens is 1. The third-order valence-electron chi connectivity index (χ3n) is 2.28. The van der Waals surface area contributed by atoms with Gasteiger partial charge >= 0.3 is 0 Å². The molecule has 0 saturated carbocycles. The highest BCUT2D eigenvalue weighted by atomic mass is 79.9. The third-order valence-corrected chi connectivity index (χ3v) is 3.16. The quantitative estimate of drug-likeness (QED) is 0.851. The number of rotatable bonds is 4. The molecule has 1 aromatic heterocycles. The highest BCUT2D eigenvalue weighted by Gasteiger charge is 2.04. The minimum absolute atomic E-state index is 0.384. The molecule has 1 heterocycles. The molecule has 0 unspecified atom stereocenters. The summed E-state index contributed by atoms with van der Waals surface area (Å²) in [6.07, 6.45) is 1.66. The number of thiocarbonyl (C=S) groups is 1. The number of nitrogens with one attached hydrogen (secondary N) is 1. The normalized spacial score (nSPS) is 10.2. The van der Waals surface area contributed by atoms with E-state index in [2.05, 4.69) is 21.2 Å². The Morgan fingerprint density at radius 1 is 1.41 bits per heavy atom. The van der Waals surface area contributed by atoms with Crippen LogP contribution in [0, 0.1) is 0 Å². The van der Waals surface area contributed by atoms with Crippen LogP contribution in [-0.4, -0.2) is 4.99 Å². The summed E-state index contributed by atoms with van der Waals surface area (Å²) < 4.78 is 6.12. The van der Waals surface area contributed by atoms with Crippen LogP contribution in [0.1, 0.15) is 11.3 Å². The molecule has 0 amide bonds. The van der Waals surface area contributed by atoms with Gasteiger partial charge in [0.2, 0.25) is 0 Å². The molecule has 5 heteroatoms. The first kappa shape index (κ1) is 12.1. The zero-order chi connectivity index (χ0) is 12.3. The Hall–Kier alpha value is -1.33. The van der Waals surface area contributed by atoms with Gasteiger partial charge in [-0.3, -0.25) is 0 Å². The van der Waals surface area contributed by atoms with Crippen LogP contribution >= 0.6 is 28.1 Å². The highest BCUT2D eigenvalue weighted by molar-refractivity contribution is 9.10. The molecule has 2 rings (SSSR count). The smallest absolute Gasteiger partial charge is 0.122 e. The Labute approximate surface area is 113 Å². The number of hydrogen-bond donors (Lipinski definition) is 2.